The number of nitro benzene ring substituents is 2. The van der Waals surface area contributed by atoms with Gasteiger partial charge >= 0.3 is 0 Å². The van der Waals surface area contributed by atoms with E-state index >= 15 is 0 Å². The maximum absolute atomic E-state index is 14.0. The minimum Gasteiger partial charge on any atom is -0.322 e. The van der Waals surface area contributed by atoms with Gasteiger partial charge < -0.3 is 5.32 Å². The number of nitrogens with zero attached hydrogens (tertiary/aromatic N) is 2. The van der Waals surface area contributed by atoms with E-state index in [-0.39, 0.29) is 27.5 Å². The first-order valence-electron chi connectivity index (χ1n) is 8.12. The van der Waals surface area contributed by atoms with Crippen molar-refractivity contribution in [1.29, 1.82) is 0 Å². The normalized spacial score (nSPS) is 10.4. The molecule has 8 nitrogen and oxygen atoms in total. The lowest BCUT2D eigenvalue weighted by molar-refractivity contribution is -0.385. The predicted molar refractivity (Wildman–Crippen MR) is 105 cm³/mol. The zero-order chi connectivity index (χ0) is 21.0. The van der Waals surface area contributed by atoms with Crippen molar-refractivity contribution in [3.8, 4) is 0 Å². The quantitative estimate of drug-likeness (QED) is 0.447. The van der Waals surface area contributed by atoms with Crippen molar-refractivity contribution in [2.75, 3.05) is 5.32 Å². The first-order chi connectivity index (χ1) is 13.8. The van der Waals surface area contributed by atoms with E-state index in [2.05, 4.69) is 5.32 Å². The van der Waals surface area contributed by atoms with Crippen molar-refractivity contribution < 1.29 is 19.0 Å². The number of rotatable bonds is 6. The first-order valence-corrected chi connectivity index (χ1v) is 8.93. The van der Waals surface area contributed by atoms with Gasteiger partial charge in [-0.05, 0) is 24.3 Å². The first kappa shape index (κ1) is 20.0. The van der Waals surface area contributed by atoms with Gasteiger partial charge in [-0.2, -0.15) is 0 Å². The van der Waals surface area contributed by atoms with Crippen LogP contribution in [0.5, 0.6) is 0 Å². The number of carbonyl (C=O) groups excluding carboxylic acids is 1. The minimum atomic E-state index is -0.715. The van der Waals surface area contributed by atoms with E-state index in [0.717, 1.165) is 17.8 Å². The molecule has 3 aromatic rings. The van der Waals surface area contributed by atoms with Gasteiger partial charge in [-0.25, -0.2) is 4.39 Å². The molecule has 1 amide bonds. The summed E-state index contributed by atoms with van der Waals surface area (Å²) in [5.41, 5.74) is -0.439. The summed E-state index contributed by atoms with van der Waals surface area (Å²) in [6.07, 6.45) is 0. The molecule has 0 aromatic heterocycles. The Kier molecular flexibility index (Phi) is 5.84. The summed E-state index contributed by atoms with van der Waals surface area (Å²) < 4.78 is 14.0. The number of benzene rings is 3. The fourth-order valence-corrected chi connectivity index (χ4v) is 3.39. The largest absolute Gasteiger partial charge is 0.322 e. The molecule has 0 saturated heterocycles. The number of anilines is 1. The second-order valence-corrected chi connectivity index (χ2v) is 6.82. The van der Waals surface area contributed by atoms with Crippen LogP contribution in [-0.4, -0.2) is 15.8 Å². The molecule has 10 heteroatoms. The van der Waals surface area contributed by atoms with Crippen LogP contribution in [-0.2, 0) is 0 Å². The van der Waals surface area contributed by atoms with Gasteiger partial charge in [-0.1, -0.05) is 30.0 Å². The molecule has 0 aliphatic carbocycles. The fraction of sp³-hybridized carbons (Fsp3) is 0. The lowest BCUT2D eigenvalue weighted by atomic mass is 10.1. The number of amides is 1. The van der Waals surface area contributed by atoms with Gasteiger partial charge in [0.15, 0.2) is 0 Å². The summed E-state index contributed by atoms with van der Waals surface area (Å²) in [7, 11) is 0. The van der Waals surface area contributed by atoms with Crippen LogP contribution in [0.15, 0.2) is 76.5 Å². The van der Waals surface area contributed by atoms with Crippen molar-refractivity contribution >= 4 is 34.7 Å². The van der Waals surface area contributed by atoms with Crippen LogP contribution in [0, 0.1) is 26.0 Å². The van der Waals surface area contributed by atoms with E-state index in [1.54, 1.807) is 6.07 Å². The van der Waals surface area contributed by atoms with E-state index in [0.29, 0.717) is 4.90 Å². The summed E-state index contributed by atoms with van der Waals surface area (Å²) >= 11 is 0.942. The molecule has 0 aliphatic heterocycles. The lowest BCUT2D eigenvalue weighted by Gasteiger charge is -2.10. The topological polar surface area (TPSA) is 115 Å². The summed E-state index contributed by atoms with van der Waals surface area (Å²) in [5.74, 6) is -1.21. The highest BCUT2D eigenvalue weighted by Gasteiger charge is 2.19. The van der Waals surface area contributed by atoms with E-state index < -0.39 is 21.6 Å². The second-order valence-electron chi connectivity index (χ2n) is 5.73. The van der Waals surface area contributed by atoms with E-state index in [1.807, 2.05) is 0 Å². The zero-order valence-corrected chi connectivity index (χ0v) is 15.4. The molecular weight excluding hydrogens is 401 g/mol. The molecule has 3 aromatic carbocycles. The molecule has 29 heavy (non-hydrogen) atoms. The molecule has 3 rings (SSSR count). The molecule has 146 valence electrons. The maximum Gasteiger partial charge on any atom is 0.271 e. The molecule has 0 unspecified atom stereocenters. The Hall–Kier alpha value is -3.79. The van der Waals surface area contributed by atoms with Crippen molar-refractivity contribution in [3.05, 3.63) is 98.3 Å². The van der Waals surface area contributed by atoms with Gasteiger partial charge in [0.05, 0.1) is 15.4 Å². The summed E-state index contributed by atoms with van der Waals surface area (Å²) in [6, 6.07) is 14.9. The molecule has 0 atom stereocenters. The third-order valence-corrected chi connectivity index (χ3v) is 4.92. The van der Waals surface area contributed by atoms with Crippen molar-refractivity contribution in [2.45, 2.75) is 9.79 Å². The molecule has 1 N–H and O–H groups in total. The van der Waals surface area contributed by atoms with Crippen LogP contribution in [0.4, 0.5) is 21.5 Å². The number of nitro groups is 2. The monoisotopic (exact) mass is 413 g/mol. The summed E-state index contributed by atoms with van der Waals surface area (Å²) in [4.78, 5) is 34.0. The molecule has 0 heterocycles. The van der Waals surface area contributed by atoms with Crippen LogP contribution in [0.3, 0.4) is 0 Å². The van der Waals surface area contributed by atoms with Gasteiger partial charge in [0.2, 0.25) is 0 Å². The van der Waals surface area contributed by atoms with Crippen molar-refractivity contribution in [3.63, 3.8) is 0 Å². The number of hydrogen-bond donors (Lipinski definition) is 1. The van der Waals surface area contributed by atoms with Gasteiger partial charge in [0, 0.05) is 39.7 Å². The van der Waals surface area contributed by atoms with Gasteiger partial charge in [-0.3, -0.25) is 25.0 Å². The third-order valence-electron chi connectivity index (χ3n) is 3.79. The number of hydrogen-bond acceptors (Lipinski definition) is 6. The zero-order valence-electron chi connectivity index (χ0n) is 14.6. The van der Waals surface area contributed by atoms with Gasteiger partial charge in [0.1, 0.15) is 5.82 Å². The minimum absolute atomic E-state index is 0.0565. The lowest BCUT2D eigenvalue weighted by Crippen LogP contribution is -2.13. The Morgan fingerprint density at radius 2 is 1.55 bits per heavy atom. The SMILES string of the molecule is O=C(Nc1cccc([N+](=O)[O-])c1)c1cc([N+](=O)[O-])ccc1Sc1ccccc1F. The third kappa shape index (κ3) is 4.74. The molecule has 0 radical (unpaired) electrons. The van der Waals surface area contributed by atoms with Crippen molar-refractivity contribution in [2.24, 2.45) is 0 Å². The predicted octanol–water partition coefficient (Wildman–Crippen LogP) is 5.05. The molecular formula is C19H12FN3O5S. The van der Waals surface area contributed by atoms with Crippen LogP contribution in [0.2, 0.25) is 0 Å². The smallest absolute Gasteiger partial charge is 0.271 e. The Morgan fingerprint density at radius 1 is 0.862 bits per heavy atom. The molecule has 0 fully saturated rings. The maximum atomic E-state index is 14.0. The average Bonchev–Trinajstić information content (AvgIpc) is 2.70. The van der Waals surface area contributed by atoms with Crippen molar-refractivity contribution in [1.82, 2.24) is 0 Å². The van der Waals surface area contributed by atoms with Gasteiger partial charge in [-0.15, -0.1) is 0 Å². The number of non-ortho nitro benzene ring substituents is 2. The Balaban J connectivity index is 1.97. The van der Waals surface area contributed by atoms with E-state index in [9.17, 15) is 29.4 Å². The van der Waals surface area contributed by atoms with Crippen LogP contribution in [0.1, 0.15) is 10.4 Å². The van der Waals surface area contributed by atoms with E-state index in [1.165, 1.54) is 54.6 Å². The highest BCUT2D eigenvalue weighted by atomic mass is 32.2. The van der Waals surface area contributed by atoms with Gasteiger partial charge in [0.25, 0.3) is 17.3 Å². The summed E-state index contributed by atoms with van der Waals surface area (Å²) in [5, 5.41) is 24.5. The highest BCUT2D eigenvalue weighted by molar-refractivity contribution is 7.99. The van der Waals surface area contributed by atoms with Crippen LogP contribution >= 0.6 is 11.8 Å². The average molecular weight is 413 g/mol. The highest BCUT2D eigenvalue weighted by Crippen LogP contribution is 2.34. The number of nitrogens with one attached hydrogen (secondary N) is 1. The number of carbonyl (C=O) groups is 1. The summed E-state index contributed by atoms with van der Waals surface area (Å²) in [6.45, 7) is 0. The molecule has 0 saturated carbocycles. The Labute approximate surface area is 167 Å². The second kappa shape index (κ2) is 8.48. The fourth-order valence-electron chi connectivity index (χ4n) is 2.44. The number of halogens is 1. The Morgan fingerprint density at radius 3 is 2.24 bits per heavy atom. The Bertz CT molecular complexity index is 1120. The molecule has 0 aliphatic rings. The standard InChI is InChI=1S/C19H12FN3O5S/c20-16-6-1-2-7-18(16)29-17-9-8-14(23(27)28)11-15(17)19(24)21-12-4-3-5-13(10-12)22(25)26/h1-11H,(H,21,24). The van der Waals surface area contributed by atoms with E-state index in [4.69, 9.17) is 0 Å². The molecule has 0 bridgehead atoms. The van der Waals surface area contributed by atoms with Crippen LogP contribution in [0.25, 0.3) is 0 Å². The van der Waals surface area contributed by atoms with Crippen LogP contribution < -0.4 is 5.32 Å². The molecule has 0 spiro atoms.